The van der Waals surface area contributed by atoms with Crippen LogP contribution >= 0.6 is 0 Å². The summed E-state index contributed by atoms with van der Waals surface area (Å²) in [4.78, 5) is 21.8. The van der Waals surface area contributed by atoms with E-state index in [1.165, 1.54) is 12.1 Å². The second kappa shape index (κ2) is 9.36. The Kier molecular flexibility index (Phi) is 6.23. The molecule has 1 amide bonds. The van der Waals surface area contributed by atoms with Crippen LogP contribution in [0.1, 0.15) is 37.0 Å². The lowest BCUT2D eigenvalue weighted by atomic mass is 10.1. The maximum Gasteiger partial charge on any atom is 0.251 e. The van der Waals surface area contributed by atoms with Gasteiger partial charge in [-0.2, -0.15) is 0 Å². The van der Waals surface area contributed by atoms with Crippen molar-refractivity contribution in [2.75, 3.05) is 11.9 Å². The summed E-state index contributed by atoms with van der Waals surface area (Å²) in [6, 6.07) is 14.1. The van der Waals surface area contributed by atoms with Crippen LogP contribution in [0.15, 0.2) is 65.8 Å². The van der Waals surface area contributed by atoms with E-state index in [0.29, 0.717) is 46.8 Å². The van der Waals surface area contributed by atoms with Crippen molar-refractivity contribution < 1.29 is 13.2 Å². The van der Waals surface area contributed by atoms with Gasteiger partial charge in [0.15, 0.2) is 11.5 Å². The Morgan fingerprint density at radius 3 is 2.56 bits per heavy atom. The number of imidazole rings is 1. The summed E-state index contributed by atoms with van der Waals surface area (Å²) in [5.41, 5.74) is 4.14. The summed E-state index contributed by atoms with van der Waals surface area (Å²) in [6.45, 7) is 4.89. The molecule has 2 aromatic carbocycles. The molecule has 1 fully saturated rings. The van der Waals surface area contributed by atoms with E-state index in [-0.39, 0.29) is 10.8 Å². The normalized spacial score (nSPS) is 13.8. The van der Waals surface area contributed by atoms with Gasteiger partial charge in [-0.1, -0.05) is 38.1 Å². The average molecular weight is 505 g/mol. The number of anilines is 1. The van der Waals surface area contributed by atoms with Crippen LogP contribution in [0.5, 0.6) is 0 Å². The first kappa shape index (κ1) is 24.0. The minimum absolute atomic E-state index is 0.0181. The Hall–Kier alpha value is -3.76. The Bertz CT molecular complexity index is 1540. The molecule has 0 radical (unpaired) electrons. The molecule has 4 aromatic rings. The molecule has 5 rings (SSSR count). The molecular formula is C26H28N6O3S. The summed E-state index contributed by atoms with van der Waals surface area (Å²) in [6.07, 6.45) is 5.67. The maximum absolute atomic E-state index is 12.4. The van der Waals surface area contributed by atoms with Crippen LogP contribution in [0.4, 0.5) is 5.82 Å². The van der Waals surface area contributed by atoms with E-state index in [1.54, 1.807) is 18.3 Å². The minimum Gasteiger partial charge on any atom is -0.367 e. The molecule has 9 nitrogen and oxygen atoms in total. The first-order valence-electron chi connectivity index (χ1n) is 11.9. The number of amides is 1. The molecule has 0 saturated heterocycles. The number of fused-ring (bicyclic) bond motifs is 1. The van der Waals surface area contributed by atoms with Gasteiger partial charge in [-0.15, -0.1) is 0 Å². The number of sulfonamides is 1. The molecule has 0 bridgehead atoms. The van der Waals surface area contributed by atoms with Gasteiger partial charge in [-0.3, -0.25) is 9.20 Å². The minimum atomic E-state index is -3.86. The molecule has 0 atom stereocenters. The SMILES string of the molecule is CC(C)CNc1nc(-c2cccc(S(N)(=O)=O)c2)cn2c(-c3ccc(C(=O)NC4CC4)cc3)cnc12. The molecule has 0 spiro atoms. The molecule has 186 valence electrons. The second-order valence-corrected chi connectivity index (χ2v) is 11.0. The third kappa shape index (κ3) is 5.09. The predicted molar refractivity (Wildman–Crippen MR) is 139 cm³/mol. The highest BCUT2D eigenvalue weighted by atomic mass is 32.2. The van der Waals surface area contributed by atoms with Crippen LogP contribution < -0.4 is 15.8 Å². The summed E-state index contributed by atoms with van der Waals surface area (Å²) in [5, 5.41) is 11.7. The van der Waals surface area contributed by atoms with Crippen LogP contribution in [0.25, 0.3) is 28.2 Å². The van der Waals surface area contributed by atoms with Crippen molar-refractivity contribution in [3.8, 4) is 22.5 Å². The van der Waals surface area contributed by atoms with Gasteiger partial charge < -0.3 is 10.6 Å². The lowest BCUT2D eigenvalue weighted by Crippen LogP contribution is -2.25. The Balaban J connectivity index is 1.58. The van der Waals surface area contributed by atoms with Crippen molar-refractivity contribution >= 4 is 27.4 Å². The molecule has 36 heavy (non-hydrogen) atoms. The molecular weight excluding hydrogens is 476 g/mol. The third-order valence-corrected chi connectivity index (χ3v) is 6.89. The fourth-order valence-corrected chi connectivity index (χ4v) is 4.44. The first-order chi connectivity index (χ1) is 17.2. The number of primary sulfonamides is 1. The summed E-state index contributed by atoms with van der Waals surface area (Å²) in [5.74, 6) is 0.905. The standard InChI is InChI=1S/C26H28N6O3S/c1-16(2)13-28-24-25-29-14-23(17-6-8-18(9-7-17)26(33)30-20-10-11-20)32(25)15-22(31-24)19-4-3-5-21(12-19)36(27,34)35/h3-9,12,14-16,20H,10-11,13H2,1-2H3,(H,28,31)(H,30,33)(H2,27,34,35). The Morgan fingerprint density at radius 1 is 1.14 bits per heavy atom. The molecule has 1 aliphatic carbocycles. The van der Waals surface area contributed by atoms with Crippen LogP contribution in [0.2, 0.25) is 0 Å². The first-order valence-corrected chi connectivity index (χ1v) is 13.4. The largest absolute Gasteiger partial charge is 0.367 e. The van der Waals surface area contributed by atoms with E-state index in [0.717, 1.165) is 24.1 Å². The number of nitrogens with two attached hydrogens (primary N) is 1. The van der Waals surface area contributed by atoms with Crippen molar-refractivity contribution in [3.05, 3.63) is 66.5 Å². The predicted octanol–water partition coefficient (Wildman–Crippen LogP) is 3.67. The van der Waals surface area contributed by atoms with E-state index < -0.39 is 10.0 Å². The molecule has 2 aromatic heterocycles. The Labute approximate surface area is 209 Å². The van der Waals surface area contributed by atoms with Crippen molar-refractivity contribution in [3.63, 3.8) is 0 Å². The van der Waals surface area contributed by atoms with Crippen LogP contribution in [0.3, 0.4) is 0 Å². The molecule has 10 heteroatoms. The molecule has 1 aliphatic rings. The van der Waals surface area contributed by atoms with Crippen molar-refractivity contribution in [2.24, 2.45) is 11.1 Å². The smallest absolute Gasteiger partial charge is 0.251 e. The number of aromatic nitrogens is 3. The zero-order valence-electron chi connectivity index (χ0n) is 20.1. The van der Waals surface area contributed by atoms with Crippen LogP contribution in [0, 0.1) is 5.92 Å². The van der Waals surface area contributed by atoms with E-state index in [4.69, 9.17) is 10.1 Å². The van der Waals surface area contributed by atoms with Crippen molar-refractivity contribution in [1.29, 1.82) is 0 Å². The van der Waals surface area contributed by atoms with Gasteiger partial charge >= 0.3 is 0 Å². The number of carbonyl (C=O) groups excluding carboxylic acids is 1. The van der Waals surface area contributed by atoms with Crippen molar-refractivity contribution in [1.82, 2.24) is 19.7 Å². The van der Waals surface area contributed by atoms with Gasteiger partial charge in [0, 0.05) is 35.5 Å². The maximum atomic E-state index is 12.4. The summed E-state index contributed by atoms with van der Waals surface area (Å²) in [7, 11) is -3.86. The molecule has 1 saturated carbocycles. The van der Waals surface area contributed by atoms with Gasteiger partial charge in [0.25, 0.3) is 5.91 Å². The zero-order chi connectivity index (χ0) is 25.4. The number of nitrogens with one attached hydrogen (secondary N) is 2. The highest BCUT2D eigenvalue weighted by Crippen LogP contribution is 2.29. The van der Waals surface area contributed by atoms with E-state index in [1.807, 2.05) is 34.9 Å². The fraction of sp³-hybridized carbons (Fsp3) is 0.269. The number of nitrogens with zero attached hydrogens (tertiary/aromatic N) is 3. The van der Waals surface area contributed by atoms with Gasteiger partial charge in [-0.05, 0) is 43.0 Å². The fourth-order valence-electron chi connectivity index (χ4n) is 3.88. The number of benzene rings is 2. The average Bonchev–Trinajstić information content (AvgIpc) is 3.57. The van der Waals surface area contributed by atoms with E-state index >= 15 is 0 Å². The van der Waals surface area contributed by atoms with E-state index in [2.05, 4.69) is 29.5 Å². The Morgan fingerprint density at radius 2 is 1.89 bits per heavy atom. The lowest BCUT2D eigenvalue weighted by Gasteiger charge is -2.13. The third-order valence-electron chi connectivity index (χ3n) is 5.98. The summed E-state index contributed by atoms with van der Waals surface area (Å²) < 4.78 is 25.7. The van der Waals surface area contributed by atoms with Gasteiger partial charge in [-0.25, -0.2) is 23.5 Å². The highest BCUT2D eigenvalue weighted by Gasteiger charge is 2.24. The van der Waals surface area contributed by atoms with Gasteiger partial charge in [0.05, 0.1) is 22.5 Å². The molecule has 0 aliphatic heterocycles. The van der Waals surface area contributed by atoms with Crippen LogP contribution in [-0.2, 0) is 10.0 Å². The van der Waals surface area contributed by atoms with Crippen molar-refractivity contribution in [2.45, 2.75) is 37.6 Å². The number of hydrogen-bond donors (Lipinski definition) is 3. The molecule has 4 N–H and O–H groups in total. The van der Waals surface area contributed by atoms with Crippen LogP contribution in [-0.4, -0.2) is 41.3 Å². The quantitative estimate of drug-likeness (QED) is 0.335. The second-order valence-electron chi connectivity index (χ2n) is 9.48. The molecule has 2 heterocycles. The highest BCUT2D eigenvalue weighted by molar-refractivity contribution is 7.89. The number of rotatable bonds is 8. The number of hydrogen-bond acceptors (Lipinski definition) is 6. The van der Waals surface area contributed by atoms with Gasteiger partial charge in [0.2, 0.25) is 10.0 Å². The topological polar surface area (TPSA) is 131 Å². The van der Waals surface area contributed by atoms with E-state index in [9.17, 15) is 13.2 Å². The zero-order valence-corrected chi connectivity index (χ0v) is 20.9. The monoisotopic (exact) mass is 504 g/mol. The number of carbonyl (C=O) groups is 1. The van der Waals surface area contributed by atoms with Gasteiger partial charge in [0.1, 0.15) is 0 Å². The molecule has 0 unspecified atom stereocenters. The lowest BCUT2D eigenvalue weighted by molar-refractivity contribution is 0.0951. The summed E-state index contributed by atoms with van der Waals surface area (Å²) >= 11 is 0.